The van der Waals surface area contributed by atoms with Crippen molar-refractivity contribution >= 4 is 11.8 Å². The van der Waals surface area contributed by atoms with Gasteiger partial charge in [0.15, 0.2) is 0 Å². The number of benzene rings is 2. The van der Waals surface area contributed by atoms with Gasteiger partial charge < -0.3 is 5.32 Å². The van der Waals surface area contributed by atoms with Crippen LogP contribution in [0.15, 0.2) is 47.4 Å². The first-order valence-corrected chi connectivity index (χ1v) is 8.82. The fraction of sp³-hybridized carbons (Fsp3) is 0.368. The van der Waals surface area contributed by atoms with Crippen LogP contribution in [0.3, 0.4) is 0 Å². The van der Waals surface area contributed by atoms with Gasteiger partial charge in [-0.1, -0.05) is 54.4 Å². The summed E-state index contributed by atoms with van der Waals surface area (Å²) >= 11 is 1.82. The van der Waals surface area contributed by atoms with Gasteiger partial charge >= 0.3 is 0 Å². The van der Waals surface area contributed by atoms with Gasteiger partial charge in [-0.2, -0.15) is 0 Å². The first-order chi connectivity index (χ1) is 10.2. The molecule has 0 fully saturated rings. The van der Waals surface area contributed by atoms with Gasteiger partial charge in [0.1, 0.15) is 0 Å². The summed E-state index contributed by atoms with van der Waals surface area (Å²) in [4.78, 5) is 1.35. The zero-order valence-electron chi connectivity index (χ0n) is 13.4. The van der Waals surface area contributed by atoms with E-state index in [0.717, 1.165) is 13.0 Å². The molecule has 0 radical (unpaired) electrons. The molecule has 112 valence electrons. The highest BCUT2D eigenvalue weighted by Crippen LogP contribution is 2.31. The third-order valence-electron chi connectivity index (χ3n) is 3.63. The Kier molecular flexibility index (Phi) is 5.89. The minimum atomic E-state index is 0.271. The van der Waals surface area contributed by atoms with Crippen molar-refractivity contribution < 1.29 is 0 Å². The van der Waals surface area contributed by atoms with Crippen LogP contribution in [0.1, 0.15) is 41.6 Å². The molecule has 0 bridgehead atoms. The summed E-state index contributed by atoms with van der Waals surface area (Å²) in [7, 11) is 0. The Morgan fingerprint density at radius 1 is 1.05 bits per heavy atom. The number of hydrogen-bond acceptors (Lipinski definition) is 2. The van der Waals surface area contributed by atoms with E-state index in [1.807, 2.05) is 11.8 Å². The van der Waals surface area contributed by atoms with Gasteiger partial charge in [-0.15, -0.1) is 11.8 Å². The molecule has 1 unspecified atom stereocenters. The normalized spacial score (nSPS) is 12.4. The second kappa shape index (κ2) is 7.67. The summed E-state index contributed by atoms with van der Waals surface area (Å²) in [5.74, 6) is 0. The summed E-state index contributed by atoms with van der Waals surface area (Å²) in [6.07, 6.45) is 3.29. The maximum absolute atomic E-state index is 3.72. The van der Waals surface area contributed by atoms with Crippen molar-refractivity contribution in [3.8, 4) is 0 Å². The summed E-state index contributed by atoms with van der Waals surface area (Å²) in [6, 6.07) is 15.8. The van der Waals surface area contributed by atoms with E-state index in [-0.39, 0.29) is 6.04 Å². The van der Waals surface area contributed by atoms with Crippen LogP contribution in [0.2, 0.25) is 0 Å². The quantitative estimate of drug-likeness (QED) is 0.743. The Morgan fingerprint density at radius 3 is 2.33 bits per heavy atom. The lowest BCUT2D eigenvalue weighted by Crippen LogP contribution is -2.24. The number of thioether (sulfide) groups is 1. The third kappa shape index (κ3) is 4.12. The van der Waals surface area contributed by atoms with Gasteiger partial charge in [-0.25, -0.2) is 0 Å². The average Bonchev–Trinajstić information content (AvgIpc) is 2.47. The largest absolute Gasteiger partial charge is 0.306 e. The lowest BCUT2D eigenvalue weighted by Gasteiger charge is -2.23. The smallest absolute Gasteiger partial charge is 0.0587 e. The van der Waals surface area contributed by atoms with E-state index >= 15 is 0 Å². The van der Waals surface area contributed by atoms with E-state index < -0.39 is 0 Å². The van der Waals surface area contributed by atoms with Crippen LogP contribution in [-0.4, -0.2) is 12.8 Å². The fourth-order valence-corrected chi connectivity index (χ4v) is 3.41. The number of nitrogens with one attached hydrogen (secondary N) is 1. The topological polar surface area (TPSA) is 12.0 Å². The molecule has 0 saturated carbocycles. The monoisotopic (exact) mass is 299 g/mol. The SMILES string of the molecule is CCCNC(c1cc(C)cc(C)c1)c1ccccc1SC. The molecule has 0 saturated heterocycles. The molecule has 0 amide bonds. The van der Waals surface area contributed by atoms with Crippen molar-refractivity contribution in [1.82, 2.24) is 5.32 Å². The van der Waals surface area contributed by atoms with E-state index in [0.29, 0.717) is 0 Å². The van der Waals surface area contributed by atoms with Crippen molar-refractivity contribution in [3.05, 3.63) is 64.7 Å². The Labute approximate surface area is 133 Å². The molecule has 0 heterocycles. The van der Waals surface area contributed by atoms with Crippen LogP contribution in [0.5, 0.6) is 0 Å². The molecule has 0 aliphatic heterocycles. The van der Waals surface area contributed by atoms with Gasteiger partial charge in [-0.3, -0.25) is 0 Å². The molecule has 21 heavy (non-hydrogen) atoms. The van der Waals surface area contributed by atoms with E-state index in [4.69, 9.17) is 0 Å². The second-order valence-electron chi connectivity index (χ2n) is 5.55. The molecule has 1 atom stereocenters. The highest BCUT2D eigenvalue weighted by molar-refractivity contribution is 7.98. The Hall–Kier alpha value is -1.25. The molecule has 1 nitrogen and oxygen atoms in total. The number of hydrogen-bond donors (Lipinski definition) is 1. The second-order valence-corrected chi connectivity index (χ2v) is 6.40. The number of rotatable bonds is 6. The molecule has 2 rings (SSSR count). The van der Waals surface area contributed by atoms with Crippen molar-refractivity contribution in [3.63, 3.8) is 0 Å². The first-order valence-electron chi connectivity index (χ1n) is 7.60. The Morgan fingerprint density at radius 2 is 1.71 bits per heavy atom. The molecular weight excluding hydrogens is 274 g/mol. The minimum Gasteiger partial charge on any atom is -0.306 e. The molecule has 2 heteroatoms. The van der Waals surface area contributed by atoms with E-state index in [2.05, 4.69) is 74.8 Å². The summed E-state index contributed by atoms with van der Waals surface area (Å²) in [5.41, 5.74) is 5.40. The minimum absolute atomic E-state index is 0.271. The van der Waals surface area contributed by atoms with Crippen molar-refractivity contribution in [2.75, 3.05) is 12.8 Å². The molecule has 0 aliphatic carbocycles. The first kappa shape index (κ1) is 16.1. The van der Waals surface area contributed by atoms with Crippen LogP contribution < -0.4 is 5.32 Å². The molecule has 0 aromatic heterocycles. The van der Waals surface area contributed by atoms with Crippen LogP contribution >= 0.6 is 11.8 Å². The van der Waals surface area contributed by atoms with Crippen LogP contribution in [-0.2, 0) is 0 Å². The average molecular weight is 299 g/mol. The number of aryl methyl sites for hydroxylation is 2. The van der Waals surface area contributed by atoms with E-state index in [1.54, 1.807) is 0 Å². The van der Waals surface area contributed by atoms with Gasteiger partial charge in [0.05, 0.1) is 6.04 Å². The standard InChI is InChI=1S/C19H25NS/c1-5-10-20-19(16-12-14(2)11-15(3)13-16)17-8-6-7-9-18(17)21-4/h6-9,11-13,19-20H,5,10H2,1-4H3. The molecule has 0 aliphatic rings. The summed E-state index contributed by atoms with van der Waals surface area (Å²) in [5, 5.41) is 3.72. The molecule has 2 aromatic carbocycles. The zero-order valence-corrected chi connectivity index (χ0v) is 14.3. The van der Waals surface area contributed by atoms with Gasteiger partial charge in [-0.05, 0) is 50.3 Å². The zero-order chi connectivity index (χ0) is 15.2. The van der Waals surface area contributed by atoms with E-state index in [9.17, 15) is 0 Å². The summed E-state index contributed by atoms with van der Waals surface area (Å²) in [6.45, 7) is 7.59. The van der Waals surface area contributed by atoms with Gasteiger partial charge in [0.2, 0.25) is 0 Å². The third-order valence-corrected chi connectivity index (χ3v) is 4.44. The van der Waals surface area contributed by atoms with E-state index in [1.165, 1.54) is 27.1 Å². The summed E-state index contributed by atoms with van der Waals surface area (Å²) < 4.78 is 0. The lowest BCUT2D eigenvalue weighted by molar-refractivity contribution is 0.591. The predicted octanol–water partition coefficient (Wildman–Crippen LogP) is 5.11. The van der Waals surface area contributed by atoms with Crippen molar-refractivity contribution in [1.29, 1.82) is 0 Å². The lowest BCUT2D eigenvalue weighted by atomic mass is 9.95. The van der Waals surface area contributed by atoms with Crippen molar-refractivity contribution in [2.45, 2.75) is 38.1 Å². The molecule has 2 aromatic rings. The molecular formula is C19H25NS. The van der Waals surface area contributed by atoms with Crippen molar-refractivity contribution in [2.24, 2.45) is 0 Å². The van der Waals surface area contributed by atoms with Crippen LogP contribution in [0, 0.1) is 13.8 Å². The van der Waals surface area contributed by atoms with Gasteiger partial charge in [0, 0.05) is 4.90 Å². The highest BCUT2D eigenvalue weighted by atomic mass is 32.2. The maximum atomic E-state index is 3.72. The maximum Gasteiger partial charge on any atom is 0.0587 e. The van der Waals surface area contributed by atoms with Gasteiger partial charge in [0.25, 0.3) is 0 Å². The molecule has 0 spiro atoms. The Bertz CT molecular complexity index is 572. The molecule has 1 N–H and O–H groups in total. The fourth-order valence-electron chi connectivity index (χ4n) is 2.78. The predicted molar refractivity (Wildman–Crippen MR) is 94.3 cm³/mol. The Balaban J connectivity index is 2.46. The van der Waals surface area contributed by atoms with Crippen LogP contribution in [0.4, 0.5) is 0 Å². The highest BCUT2D eigenvalue weighted by Gasteiger charge is 2.16. The van der Waals surface area contributed by atoms with Crippen LogP contribution in [0.25, 0.3) is 0 Å².